The van der Waals surface area contributed by atoms with Crippen LogP contribution in [0.4, 0.5) is 4.79 Å². The van der Waals surface area contributed by atoms with Gasteiger partial charge in [-0.1, -0.05) is 6.08 Å². The molecule has 0 bridgehead atoms. The minimum absolute atomic E-state index is 0. The Morgan fingerprint density at radius 1 is 1.42 bits per heavy atom. The Kier molecular flexibility index (Phi) is 11.7. The highest BCUT2D eigenvalue weighted by molar-refractivity contribution is 14.0. The predicted octanol–water partition coefficient (Wildman–Crippen LogP) is 1.61. The second-order valence-electron chi connectivity index (χ2n) is 4.72. The molecule has 0 saturated carbocycles. The van der Waals surface area contributed by atoms with Gasteiger partial charge in [-0.05, 0) is 27.2 Å². The zero-order valence-corrected chi connectivity index (χ0v) is 14.2. The molecule has 0 heterocycles. The molecule has 0 spiro atoms. The monoisotopic (exact) mass is 384 g/mol. The van der Waals surface area contributed by atoms with E-state index in [-0.39, 0.29) is 24.0 Å². The Hall–Kier alpha value is -0.990. The number of guanidine groups is 1. The van der Waals surface area contributed by atoms with Crippen LogP contribution in [0.3, 0.4) is 0 Å². The Balaban J connectivity index is 0. The maximum Gasteiger partial charge on any atom is 0.407 e. The lowest BCUT2D eigenvalue weighted by atomic mass is 10.2. The van der Waals surface area contributed by atoms with Gasteiger partial charge < -0.3 is 21.1 Å². The van der Waals surface area contributed by atoms with Crippen molar-refractivity contribution in [3.63, 3.8) is 0 Å². The van der Waals surface area contributed by atoms with Crippen LogP contribution >= 0.6 is 24.0 Å². The molecule has 6 nitrogen and oxygen atoms in total. The fourth-order valence-electron chi connectivity index (χ4n) is 1.02. The van der Waals surface area contributed by atoms with Crippen molar-refractivity contribution in [2.75, 3.05) is 19.6 Å². The molecule has 112 valence electrons. The number of hydrogen-bond donors (Lipinski definition) is 3. The van der Waals surface area contributed by atoms with E-state index in [0.717, 1.165) is 0 Å². The van der Waals surface area contributed by atoms with E-state index in [0.29, 0.717) is 32.0 Å². The highest BCUT2D eigenvalue weighted by Crippen LogP contribution is 2.06. The Labute approximate surface area is 132 Å². The summed E-state index contributed by atoms with van der Waals surface area (Å²) in [7, 11) is 0. The summed E-state index contributed by atoms with van der Waals surface area (Å²) >= 11 is 0. The molecule has 0 aromatic rings. The molecule has 1 amide bonds. The first kappa shape index (κ1) is 20.3. The number of carbonyl (C=O) groups is 1. The summed E-state index contributed by atoms with van der Waals surface area (Å²) in [6.45, 7) is 10.7. The molecule has 0 atom stereocenters. The molecule has 0 aliphatic heterocycles. The van der Waals surface area contributed by atoms with Crippen LogP contribution in [-0.2, 0) is 4.74 Å². The second-order valence-corrected chi connectivity index (χ2v) is 4.72. The van der Waals surface area contributed by atoms with E-state index < -0.39 is 11.7 Å². The second kappa shape index (κ2) is 10.9. The maximum absolute atomic E-state index is 11.3. The summed E-state index contributed by atoms with van der Waals surface area (Å²) in [5.41, 5.74) is 5.09. The number of alkyl carbamates (subject to hydrolysis) is 1. The van der Waals surface area contributed by atoms with Crippen molar-refractivity contribution in [3.05, 3.63) is 12.7 Å². The van der Waals surface area contributed by atoms with Gasteiger partial charge in [0.15, 0.2) is 5.96 Å². The van der Waals surface area contributed by atoms with Gasteiger partial charge in [0.1, 0.15) is 5.60 Å². The molecule has 0 aliphatic carbocycles. The summed E-state index contributed by atoms with van der Waals surface area (Å²) in [5.74, 6) is 0.382. The summed E-state index contributed by atoms with van der Waals surface area (Å²) in [6, 6.07) is 0. The highest BCUT2D eigenvalue weighted by atomic mass is 127. The molecular weight excluding hydrogens is 359 g/mol. The van der Waals surface area contributed by atoms with Crippen molar-refractivity contribution >= 4 is 36.0 Å². The first-order valence-corrected chi connectivity index (χ1v) is 5.96. The van der Waals surface area contributed by atoms with Crippen LogP contribution < -0.4 is 16.4 Å². The average molecular weight is 384 g/mol. The van der Waals surface area contributed by atoms with Crippen molar-refractivity contribution in [2.24, 2.45) is 10.7 Å². The number of carbonyl (C=O) groups excluding carboxylic acids is 1. The number of hydrogen-bond acceptors (Lipinski definition) is 3. The van der Waals surface area contributed by atoms with Crippen LogP contribution in [0, 0.1) is 0 Å². The third-order valence-corrected chi connectivity index (χ3v) is 1.71. The smallest absolute Gasteiger partial charge is 0.407 e. The molecule has 19 heavy (non-hydrogen) atoms. The minimum atomic E-state index is -0.471. The fraction of sp³-hybridized carbons (Fsp3) is 0.667. The van der Waals surface area contributed by atoms with E-state index in [4.69, 9.17) is 10.5 Å². The summed E-state index contributed by atoms with van der Waals surface area (Å²) in [5, 5.41) is 5.51. The van der Waals surface area contributed by atoms with Crippen LogP contribution in [0.25, 0.3) is 0 Å². The minimum Gasteiger partial charge on any atom is -0.444 e. The molecule has 0 saturated heterocycles. The highest BCUT2D eigenvalue weighted by Gasteiger charge is 2.15. The quantitative estimate of drug-likeness (QED) is 0.213. The van der Waals surface area contributed by atoms with E-state index in [1.807, 2.05) is 20.8 Å². The maximum atomic E-state index is 11.3. The van der Waals surface area contributed by atoms with Gasteiger partial charge in [-0.3, -0.25) is 4.99 Å². The lowest BCUT2D eigenvalue weighted by Crippen LogP contribution is -2.33. The van der Waals surface area contributed by atoms with E-state index in [2.05, 4.69) is 22.2 Å². The fourth-order valence-corrected chi connectivity index (χ4v) is 1.02. The van der Waals surface area contributed by atoms with Crippen molar-refractivity contribution in [3.8, 4) is 0 Å². The molecule has 0 radical (unpaired) electrons. The van der Waals surface area contributed by atoms with Crippen molar-refractivity contribution in [2.45, 2.75) is 32.8 Å². The number of halogens is 1. The van der Waals surface area contributed by atoms with E-state index in [1.54, 1.807) is 6.08 Å². The molecule has 7 heteroatoms. The van der Waals surface area contributed by atoms with Crippen molar-refractivity contribution < 1.29 is 9.53 Å². The van der Waals surface area contributed by atoms with Gasteiger partial charge in [0.25, 0.3) is 0 Å². The molecule has 0 aromatic heterocycles. The van der Waals surface area contributed by atoms with Gasteiger partial charge in [0, 0.05) is 19.6 Å². The SMILES string of the molecule is C=CCNC(N)=NCCCNC(=O)OC(C)(C)C.I. The van der Waals surface area contributed by atoms with Crippen LogP contribution in [0.15, 0.2) is 17.6 Å². The Morgan fingerprint density at radius 3 is 2.58 bits per heavy atom. The van der Waals surface area contributed by atoms with Crippen LogP contribution in [0.2, 0.25) is 0 Å². The number of nitrogens with zero attached hydrogens (tertiary/aromatic N) is 1. The normalized spacial score (nSPS) is 11.2. The zero-order chi connectivity index (χ0) is 14.0. The van der Waals surface area contributed by atoms with Gasteiger partial charge in [-0.25, -0.2) is 4.79 Å². The van der Waals surface area contributed by atoms with Gasteiger partial charge >= 0.3 is 6.09 Å². The molecule has 4 N–H and O–H groups in total. The van der Waals surface area contributed by atoms with E-state index in [1.165, 1.54) is 0 Å². The van der Waals surface area contributed by atoms with Gasteiger partial charge in [-0.15, -0.1) is 30.6 Å². The lowest BCUT2D eigenvalue weighted by Gasteiger charge is -2.19. The molecule has 0 aliphatic rings. The first-order valence-electron chi connectivity index (χ1n) is 5.96. The van der Waals surface area contributed by atoms with Crippen molar-refractivity contribution in [1.29, 1.82) is 0 Å². The van der Waals surface area contributed by atoms with E-state index >= 15 is 0 Å². The summed E-state index contributed by atoms with van der Waals surface area (Å²) < 4.78 is 5.08. The van der Waals surface area contributed by atoms with Gasteiger partial charge in [0.05, 0.1) is 0 Å². The van der Waals surface area contributed by atoms with Crippen LogP contribution in [0.1, 0.15) is 27.2 Å². The molecule has 0 aromatic carbocycles. The first-order chi connectivity index (χ1) is 8.35. The number of rotatable bonds is 6. The predicted molar refractivity (Wildman–Crippen MR) is 89.0 cm³/mol. The van der Waals surface area contributed by atoms with Gasteiger partial charge in [-0.2, -0.15) is 0 Å². The number of nitrogens with two attached hydrogens (primary N) is 1. The van der Waals surface area contributed by atoms with Crippen LogP contribution in [0.5, 0.6) is 0 Å². The third kappa shape index (κ3) is 15.0. The van der Waals surface area contributed by atoms with E-state index in [9.17, 15) is 4.79 Å². The Morgan fingerprint density at radius 2 is 2.05 bits per heavy atom. The van der Waals surface area contributed by atoms with Gasteiger partial charge in [0.2, 0.25) is 0 Å². The lowest BCUT2D eigenvalue weighted by molar-refractivity contribution is 0.0527. The summed E-state index contributed by atoms with van der Waals surface area (Å²) in [6.07, 6.45) is 1.99. The average Bonchev–Trinajstić information content (AvgIpc) is 2.23. The van der Waals surface area contributed by atoms with Crippen molar-refractivity contribution in [1.82, 2.24) is 10.6 Å². The standard InChI is InChI=1S/C12H24N4O2.HI/c1-5-7-14-10(13)15-8-6-9-16-11(17)18-12(2,3)4;/h5H,1,6-9H2,2-4H3,(H,16,17)(H3,13,14,15);1H. The Bertz CT molecular complexity index is 301. The number of amides is 1. The number of aliphatic imine (C=N–C) groups is 1. The molecule has 0 rings (SSSR count). The topological polar surface area (TPSA) is 88.7 Å². The molecule has 0 fully saturated rings. The van der Waals surface area contributed by atoms with Crippen LogP contribution in [-0.4, -0.2) is 37.3 Å². The molecule has 0 unspecified atom stereocenters. The summed E-state index contributed by atoms with van der Waals surface area (Å²) in [4.78, 5) is 15.4. The largest absolute Gasteiger partial charge is 0.444 e. The zero-order valence-electron chi connectivity index (χ0n) is 11.9. The number of ether oxygens (including phenoxy) is 1. The third-order valence-electron chi connectivity index (χ3n) is 1.71. The molecular formula is C12H25IN4O2. The number of nitrogens with one attached hydrogen (secondary N) is 2.